The summed E-state index contributed by atoms with van der Waals surface area (Å²) in [7, 11) is 0. The van der Waals surface area contributed by atoms with Crippen LogP contribution < -0.4 is 9.47 Å². The molecule has 1 atom stereocenters. The minimum atomic E-state index is -4.11. The van der Waals surface area contributed by atoms with Crippen molar-refractivity contribution >= 4 is 31.9 Å². The second-order valence-electron chi connectivity index (χ2n) is 4.01. The first kappa shape index (κ1) is 16.2. The Morgan fingerprint density at radius 1 is 0.810 bits per heavy atom. The van der Waals surface area contributed by atoms with E-state index in [0.29, 0.717) is 4.47 Å². The number of alkyl halides is 3. The average Bonchev–Trinajstić information content (AvgIpc) is 2.43. The van der Waals surface area contributed by atoms with E-state index in [-0.39, 0.29) is 11.5 Å². The van der Waals surface area contributed by atoms with Crippen molar-refractivity contribution < 1.29 is 22.6 Å². The van der Waals surface area contributed by atoms with Gasteiger partial charge in [-0.25, -0.2) is 0 Å². The van der Waals surface area contributed by atoms with E-state index in [4.69, 9.17) is 0 Å². The van der Waals surface area contributed by atoms with Crippen LogP contribution in [-0.4, -0.2) is 12.5 Å². The van der Waals surface area contributed by atoms with Crippen molar-refractivity contribution in [2.75, 3.05) is 0 Å². The zero-order valence-corrected chi connectivity index (χ0v) is 13.6. The van der Waals surface area contributed by atoms with Crippen LogP contribution in [0.1, 0.15) is 0 Å². The molecule has 21 heavy (non-hydrogen) atoms. The fourth-order valence-corrected chi connectivity index (χ4v) is 1.94. The van der Waals surface area contributed by atoms with Crippen LogP contribution in [0.5, 0.6) is 11.5 Å². The maximum atomic E-state index is 13.6. The van der Waals surface area contributed by atoms with Crippen LogP contribution in [0.2, 0.25) is 0 Å². The first-order valence-corrected chi connectivity index (χ1v) is 7.34. The molecule has 0 amide bonds. The van der Waals surface area contributed by atoms with Gasteiger partial charge in [-0.2, -0.15) is 13.2 Å². The number of benzene rings is 2. The van der Waals surface area contributed by atoms with Crippen molar-refractivity contribution in [3.8, 4) is 11.5 Å². The third-order valence-electron chi connectivity index (χ3n) is 2.38. The summed E-state index contributed by atoms with van der Waals surface area (Å²) in [5.74, 6) is -0.185. The molecule has 0 saturated heterocycles. The van der Waals surface area contributed by atoms with E-state index in [9.17, 15) is 13.2 Å². The predicted octanol–water partition coefficient (Wildman–Crippen LogP) is 5.56. The molecule has 2 rings (SSSR count). The summed E-state index contributed by atoms with van der Waals surface area (Å²) in [5, 5.41) is 0. The van der Waals surface area contributed by atoms with Crippen molar-refractivity contribution in [1.82, 2.24) is 0 Å². The zero-order chi connectivity index (χ0) is 15.5. The fourth-order valence-electron chi connectivity index (χ4n) is 1.41. The van der Waals surface area contributed by atoms with Crippen molar-refractivity contribution in [3.05, 3.63) is 57.5 Å². The molecular weight excluding hydrogens is 417 g/mol. The minimum absolute atomic E-state index is 0.0234. The Labute approximate surface area is 136 Å². The van der Waals surface area contributed by atoms with Gasteiger partial charge in [-0.1, -0.05) is 31.9 Å². The normalized spacial score (nSPS) is 12.8. The summed E-state index contributed by atoms with van der Waals surface area (Å²) in [6.45, 7) is 0. The van der Waals surface area contributed by atoms with Crippen molar-refractivity contribution in [2.45, 2.75) is 12.5 Å². The highest BCUT2D eigenvalue weighted by Crippen LogP contribution is 2.29. The van der Waals surface area contributed by atoms with Gasteiger partial charge < -0.3 is 9.47 Å². The topological polar surface area (TPSA) is 18.5 Å². The van der Waals surface area contributed by atoms with Gasteiger partial charge in [-0.3, -0.25) is 0 Å². The van der Waals surface area contributed by atoms with Crippen molar-refractivity contribution in [1.29, 1.82) is 0 Å². The van der Waals surface area contributed by atoms with Crippen LogP contribution in [0.3, 0.4) is 0 Å². The molecule has 2 nitrogen and oxygen atoms in total. The molecule has 0 bridgehead atoms. The molecule has 0 spiro atoms. The molecule has 2 aromatic carbocycles. The highest BCUT2D eigenvalue weighted by molar-refractivity contribution is 9.10. The monoisotopic (exact) mass is 424 g/mol. The molecule has 0 fully saturated rings. The van der Waals surface area contributed by atoms with Crippen LogP contribution >= 0.6 is 31.9 Å². The van der Waals surface area contributed by atoms with Crippen molar-refractivity contribution in [3.63, 3.8) is 0 Å². The molecule has 0 aliphatic heterocycles. The second-order valence-corrected chi connectivity index (χ2v) is 5.84. The number of ether oxygens (including phenoxy) is 2. The summed E-state index contributed by atoms with van der Waals surface area (Å²) >= 11 is 6.33. The highest BCUT2D eigenvalue weighted by atomic mass is 79.9. The second kappa shape index (κ2) is 6.70. The lowest BCUT2D eigenvalue weighted by molar-refractivity contribution is -0.267. The molecule has 0 radical (unpaired) electrons. The van der Waals surface area contributed by atoms with Gasteiger partial charge in [0.1, 0.15) is 11.5 Å². The van der Waals surface area contributed by atoms with Gasteiger partial charge in [0.2, 0.25) is 0 Å². The van der Waals surface area contributed by atoms with E-state index in [1.807, 2.05) is 0 Å². The summed E-state index contributed by atoms with van der Waals surface area (Å²) in [6.07, 6.45) is -7.04. The summed E-state index contributed by atoms with van der Waals surface area (Å²) in [4.78, 5) is 0. The average molecular weight is 426 g/mol. The first-order valence-electron chi connectivity index (χ1n) is 5.75. The number of halogens is 5. The van der Waals surface area contributed by atoms with Gasteiger partial charge in [0.25, 0.3) is 0 Å². The van der Waals surface area contributed by atoms with E-state index in [1.54, 1.807) is 12.1 Å². The summed E-state index contributed by atoms with van der Waals surface area (Å²) in [6, 6.07) is 11.4. The standard InChI is InChI=1S/C14H9Br2F3O2/c15-9-1-5-11(6-2-9)20-13(17)14(18,19)21-12-7-3-10(16)4-8-12/h1-8,13H. The lowest BCUT2D eigenvalue weighted by atomic mass is 10.3. The number of rotatable bonds is 5. The third-order valence-corrected chi connectivity index (χ3v) is 3.44. The summed E-state index contributed by atoms with van der Waals surface area (Å²) in [5.41, 5.74) is 0. The van der Waals surface area contributed by atoms with Gasteiger partial charge in [0.15, 0.2) is 0 Å². The number of hydrogen-bond donors (Lipinski definition) is 0. The van der Waals surface area contributed by atoms with E-state index < -0.39 is 12.5 Å². The smallest absolute Gasteiger partial charge is 0.451 e. The molecular formula is C14H9Br2F3O2. The van der Waals surface area contributed by atoms with Gasteiger partial charge in [-0.15, -0.1) is 0 Å². The number of hydrogen-bond acceptors (Lipinski definition) is 2. The molecule has 1 unspecified atom stereocenters. The Bertz CT molecular complexity index is 588. The molecule has 112 valence electrons. The lowest BCUT2D eigenvalue weighted by Gasteiger charge is -2.22. The molecule has 7 heteroatoms. The molecule has 2 aromatic rings. The molecule has 0 N–H and O–H groups in total. The van der Waals surface area contributed by atoms with Crippen LogP contribution in [-0.2, 0) is 0 Å². The minimum Gasteiger partial charge on any atom is -0.451 e. The van der Waals surface area contributed by atoms with Crippen molar-refractivity contribution in [2.24, 2.45) is 0 Å². The third kappa shape index (κ3) is 4.64. The Morgan fingerprint density at radius 3 is 1.71 bits per heavy atom. The fraction of sp³-hybridized carbons (Fsp3) is 0.143. The first-order chi connectivity index (χ1) is 9.87. The highest BCUT2D eigenvalue weighted by Gasteiger charge is 2.45. The predicted molar refractivity (Wildman–Crippen MR) is 79.4 cm³/mol. The Balaban J connectivity index is 2.03. The molecule has 0 aliphatic rings. The van der Waals surface area contributed by atoms with E-state index >= 15 is 0 Å². The van der Waals surface area contributed by atoms with Gasteiger partial charge in [0.05, 0.1) is 0 Å². The molecule has 0 aliphatic carbocycles. The van der Waals surface area contributed by atoms with E-state index in [2.05, 4.69) is 41.3 Å². The Morgan fingerprint density at radius 2 is 1.24 bits per heavy atom. The molecule has 0 heterocycles. The maximum absolute atomic E-state index is 13.6. The SMILES string of the molecule is FC(Oc1ccc(Br)cc1)C(F)(F)Oc1ccc(Br)cc1. The van der Waals surface area contributed by atoms with E-state index in [0.717, 1.165) is 4.47 Å². The van der Waals surface area contributed by atoms with Gasteiger partial charge in [-0.05, 0) is 48.5 Å². The molecule has 0 aromatic heterocycles. The van der Waals surface area contributed by atoms with Gasteiger partial charge >= 0.3 is 12.5 Å². The quantitative estimate of drug-likeness (QED) is 0.624. The Hall–Kier alpha value is -1.21. The van der Waals surface area contributed by atoms with Crippen LogP contribution in [0.25, 0.3) is 0 Å². The van der Waals surface area contributed by atoms with Crippen LogP contribution in [0.15, 0.2) is 57.5 Å². The van der Waals surface area contributed by atoms with Crippen LogP contribution in [0, 0.1) is 0 Å². The lowest BCUT2D eigenvalue weighted by Crippen LogP contribution is -2.40. The van der Waals surface area contributed by atoms with Gasteiger partial charge in [0, 0.05) is 8.95 Å². The Kier molecular flexibility index (Phi) is 5.16. The largest absolute Gasteiger partial charge is 0.468 e. The van der Waals surface area contributed by atoms with Crippen LogP contribution in [0.4, 0.5) is 13.2 Å². The zero-order valence-electron chi connectivity index (χ0n) is 10.4. The maximum Gasteiger partial charge on any atom is 0.468 e. The van der Waals surface area contributed by atoms with E-state index in [1.165, 1.54) is 36.4 Å². The summed E-state index contributed by atoms with van der Waals surface area (Å²) < 4.78 is 51.2. The molecule has 0 saturated carbocycles.